The van der Waals surface area contributed by atoms with Crippen molar-refractivity contribution in [3.05, 3.63) is 68.7 Å². The number of nitrogens with zero attached hydrogens (tertiary/aromatic N) is 2. The van der Waals surface area contributed by atoms with Gasteiger partial charge in [-0.05, 0) is 30.8 Å². The van der Waals surface area contributed by atoms with Gasteiger partial charge >= 0.3 is 0 Å². The number of non-ortho nitro benzene ring substituents is 1. The average molecular weight is 408 g/mol. The largest absolute Gasteiger partial charge is 0.492 e. The zero-order valence-electron chi connectivity index (χ0n) is 13.6. The second kappa shape index (κ2) is 8.59. The fourth-order valence-corrected chi connectivity index (χ4v) is 2.85. The fraction of sp³-hybridized carbons (Fsp3) is 0.235. The molecule has 0 fully saturated rings. The molecule has 0 aliphatic heterocycles. The number of hydrogen-bond donors (Lipinski definition) is 1. The third kappa shape index (κ3) is 5.27. The lowest BCUT2D eigenvalue weighted by molar-refractivity contribution is -0.384. The highest BCUT2D eigenvalue weighted by molar-refractivity contribution is 9.10. The van der Waals surface area contributed by atoms with Crippen LogP contribution in [0.3, 0.4) is 0 Å². The predicted octanol–water partition coefficient (Wildman–Crippen LogP) is 2.89. The first-order chi connectivity index (χ1) is 11.9. The molecule has 0 aromatic heterocycles. The first kappa shape index (κ1) is 18.9. The van der Waals surface area contributed by atoms with Gasteiger partial charge in [0.25, 0.3) is 5.69 Å². The Morgan fingerprint density at radius 3 is 2.68 bits per heavy atom. The topological polar surface area (TPSA) is 98.7 Å². The Balaban J connectivity index is 2.00. The monoisotopic (exact) mass is 407 g/mol. The number of nitro groups is 1. The van der Waals surface area contributed by atoms with Gasteiger partial charge in [-0.25, -0.2) is 0 Å². The van der Waals surface area contributed by atoms with E-state index in [0.717, 1.165) is 10.0 Å². The van der Waals surface area contributed by atoms with Gasteiger partial charge in [-0.15, -0.1) is 0 Å². The van der Waals surface area contributed by atoms with Gasteiger partial charge in [-0.3, -0.25) is 19.8 Å². The summed E-state index contributed by atoms with van der Waals surface area (Å²) in [4.78, 5) is 23.9. The number of primary amides is 1. The van der Waals surface area contributed by atoms with Gasteiger partial charge in [-0.2, -0.15) is 0 Å². The second-order valence-electron chi connectivity index (χ2n) is 5.44. The van der Waals surface area contributed by atoms with E-state index < -0.39 is 16.9 Å². The summed E-state index contributed by atoms with van der Waals surface area (Å²) in [6.45, 7) is 0.679. The van der Waals surface area contributed by atoms with Crippen molar-refractivity contribution >= 4 is 27.5 Å². The van der Waals surface area contributed by atoms with Gasteiger partial charge in [0, 0.05) is 17.1 Å². The number of likely N-dealkylation sites (N-methyl/N-ethyl adjacent to an activating group) is 1. The normalized spacial score (nSPS) is 12.0. The molecule has 0 spiro atoms. The summed E-state index contributed by atoms with van der Waals surface area (Å²) < 4.78 is 6.41. The molecule has 7 nitrogen and oxygen atoms in total. The highest BCUT2D eigenvalue weighted by Crippen LogP contribution is 2.23. The van der Waals surface area contributed by atoms with Gasteiger partial charge in [0.15, 0.2) is 0 Å². The molecule has 0 aliphatic rings. The zero-order valence-corrected chi connectivity index (χ0v) is 15.2. The first-order valence-corrected chi connectivity index (χ1v) is 8.30. The van der Waals surface area contributed by atoms with Crippen molar-refractivity contribution in [2.45, 2.75) is 6.04 Å². The molecule has 0 heterocycles. The Morgan fingerprint density at radius 2 is 2.04 bits per heavy atom. The number of amides is 1. The van der Waals surface area contributed by atoms with Crippen LogP contribution in [0.5, 0.6) is 5.75 Å². The summed E-state index contributed by atoms with van der Waals surface area (Å²) in [5, 5.41) is 10.8. The molecule has 2 N–H and O–H groups in total. The van der Waals surface area contributed by atoms with Crippen molar-refractivity contribution in [1.82, 2.24) is 4.90 Å². The molecule has 8 heteroatoms. The Labute approximate surface area is 153 Å². The van der Waals surface area contributed by atoms with Crippen LogP contribution in [-0.2, 0) is 4.79 Å². The number of hydrogen-bond acceptors (Lipinski definition) is 5. The Morgan fingerprint density at radius 1 is 1.32 bits per heavy atom. The molecule has 1 amide bonds. The molecule has 2 aromatic rings. The van der Waals surface area contributed by atoms with Gasteiger partial charge in [-0.1, -0.05) is 34.1 Å². The van der Waals surface area contributed by atoms with Gasteiger partial charge in [0.05, 0.1) is 11.0 Å². The number of rotatable bonds is 8. The smallest absolute Gasteiger partial charge is 0.273 e. The SMILES string of the molecule is CN(CCOc1cccc([N+](=O)[O-])c1)[C@@H](C(N)=O)c1cccc(Br)c1. The van der Waals surface area contributed by atoms with E-state index in [9.17, 15) is 14.9 Å². The van der Waals surface area contributed by atoms with Crippen LogP contribution in [0.25, 0.3) is 0 Å². The van der Waals surface area contributed by atoms with E-state index in [1.807, 2.05) is 24.3 Å². The molecule has 1 atom stereocenters. The van der Waals surface area contributed by atoms with E-state index in [0.29, 0.717) is 12.3 Å². The molecule has 2 rings (SSSR count). The summed E-state index contributed by atoms with van der Waals surface area (Å²) >= 11 is 3.38. The van der Waals surface area contributed by atoms with Crippen LogP contribution < -0.4 is 10.5 Å². The van der Waals surface area contributed by atoms with Crippen LogP contribution in [0.15, 0.2) is 53.0 Å². The van der Waals surface area contributed by atoms with Crippen molar-refractivity contribution in [2.75, 3.05) is 20.2 Å². The number of ether oxygens (including phenoxy) is 1. The van der Waals surface area contributed by atoms with E-state index in [-0.39, 0.29) is 12.3 Å². The lowest BCUT2D eigenvalue weighted by atomic mass is 10.1. The van der Waals surface area contributed by atoms with Crippen molar-refractivity contribution in [3.63, 3.8) is 0 Å². The van der Waals surface area contributed by atoms with Crippen molar-refractivity contribution < 1.29 is 14.5 Å². The fourth-order valence-electron chi connectivity index (χ4n) is 2.44. The maximum Gasteiger partial charge on any atom is 0.273 e. The van der Waals surface area contributed by atoms with Crippen LogP contribution in [-0.4, -0.2) is 35.9 Å². The van der Waals surface area contributed by atoms with E-state index in [4.69, 9.17) is 10.5 Å². The number of nitro benzene ring substituents is 1. The summed E-state index contributed by atoms with van der Waals surface area (Å²) in [5.41, 5.74) is 6.29. The maximum absolute atomic E-state index is 11.9. The number of carbonyl (C=O) groups excluding carboxylic acids is 1. The highest BCUT2D eigenvalue weighted by atomic mass is 79.9. The van der Waals surface area contributed by atoms with Crippen LogP contribution in [0, 0.1) is 10.1 Å². The van der Waals surface area contributed by atoms with E-state index in [1.54, 1.807) is 24.1 Å². The second-order valence-corrected chi connectivity index (χ2v) is 6.36. The minimum Gasteiger partial charge on any atom is -0.492 e. The standard InChI is InChI=1S/C17H18BrN3O4/c1-20(16(17(19)22)12-4-2-5-13(18)10-12)8-9-25-15-7-3-6-14(11-15)21(23)24/h2-7,10-11,16H,8-9H2,1H3,(H2,19,22)/t16-/m1/s1. The quantitative estimate of drug-likeness (QED) is 0.535. The van der Waals surface area contributed by atoms with Crippen molar-refractivity contribution in [1.29, 1.82) is 0 Å². The van der Waals surface area contributed by atoms with E-state index >= 15 is 0 Å². The van der Waals surface area contributed by atoms with Crippen LogP contribution in [0.2, 0.25) is 0 Å². The van der Waals surface area contributed by atoms with Gasteiger partial charge in [0.1, 0.15) is 18.4 Å². The summed E-state index contributed by atoms with van der Waals surface area (Å²) in [7, 11) is 1.77. The minimum atomic E-state index is -0.591. The molecule has 0 saturated heterocycles. The molecule has 0 unspecified atom stereocenters. The third-order valence-corrected chi connectivity index (χ3v) is 4.11. The average Bonchev–Trinajstić information content (AvgIpc) is 2.55. The molecular weight excluding hydrogens is 390 g/mol. The predicted molar refractivity (Wildman–Crippen MR) is 97.3 cm³/mol. The van der Waals surface area contributed by atoms with Crippen LogP contribution in [0.4, 0.5) is 5.69 Å². The molecule has 0 aliphatic carbocycles. The Bertz CT molecular complexity index is 769. The summed E-state index contributed by atoms with van der Waals surface area (Å²) in [6, 6.07) is 12.8. The lowest BCUT2D eigenvalue weighted by Gasteiger charge is -2.26. The van der Waals surface area contributed by atoms with Crippen molar-refractivity contribution in [3.8, 4) is 5.75 Å². The maximum atomic E-state index is 11.9. The number of nitrogens with two attached hydrogens (primary N) is 1. The number of benzene rings is 2. The molecule has 0 bridgehead atoms. The lowest BCUT2D eigenvalue weighted by Crippen LogP contribution is -2.37. The molecule has 2 aromatic carbocycles. The highest BCUT2D eigenvalue weighted by Gasteiger charge is 2.23. The molecule has 132 valence electrons. The third-order valence-electron chi connectivity index (χ3n) is 3.62. The van der Waals surface area contributed by atoms with Gasteiger partial charge < -0.3 is 10.5 Å². The molecule has 25 heavy (non-hydrogen) atoms. The Kier molecular flexibility index (Phi) is 6.49. The first-order valence-electron chi connectivity index (χ1n) is 7.51. The molecular formula is C17H18BrN3O4. The summed E-state index contributed by atoms with van der Waals surface area (Å²) in [6.07, 6.45) is 0. The summed E-state index contributed by atoms with van der Waals surface area (Å²) in [5.74, 6) is -0.0587. The number of halogens is 1. The van der Waals surface area contributed by atoms with E-state index in [2.05, 4.69) is 15.9 Å². The zero-order chi connectivity index (χ0) is 18.4. The molecule has 0 radical (unpaired) electrons. The van der Waals surface area contributed by atoms with Gasteiger partial charge in [0.2, 0.25) is 5.91 Å². The number of carbonyl (C=O) groups is 1. The molecule has 0 saturated carbocycles. The van der Waals surface area contributed by atoms with E-state index in [1.165, 1.54) is 12.1 Å². The van der Waals surface area contributed by atoms with Crippen molar-refractivity contribution in [2.24, 2.45) is 5.73 Å². The Hall–Kier alpha value is -2.45. The van der Waals surface area contributed by atoms with Crippen LogP contribution >= 0.6 is 15.9 Å². The minimum absolute atomic E-state index is 0.0324. The van der Waals surface area contributed by atoms with Crippen LogP contribution in [0.1, 0.15) is 11.6 Å².